The molecule has 0 radical (unpaired) electrons. The first kappa shape index (κ1) is 26.6. The lowest BCUT2D eigenvalue weighted by atomic mass is 10.0. The average Bonchev–Trinajstić information content (AvgIpc) is 2.86. The van der Waals surface area contributed by atoms with Crippen LogP contribution in [0.5, 0.6) is 5.75 Å². The maximum absolute atomic E-state index is 14.0. The Hall–Kier alpha value is -3.98. The Morgan fingerprint density at radius 1 is 1.11 bits per heavy atom. The predicted octanol–water partition coefficient (Wildman–Crippen LogP) is 6.49. The molecular weight excluding hydrogens is 481 g/mol. The van der Waals surface area contributed by atoms with Gasteiger partial charge in [0.1, 0.15) is 6.10 Å². The van der Waals surface area contributed by atoms with Gasteiger partial charge in [-0.15, -0.1) is 11.8 Å². The maximum atomic E-state index is 14.0. The maximum Gasteiger partial charge on any atom is 0.412 e. The Morgan fingerprint density at radius 2 is 1.86 bits per heavy atom. The highest BCUT2D eigenvalue weighted by Gasteiger charge is 2.18. The van der Waals surface area contributed by atoms with Crippen molar-refractivity contribution in [1.29, 1.82) is 0 Å². The molecule has 3 aromatic carbocycles. The van der Waals surface area contributed by atoms with Crippen LogP contribution in [0.4, 0.5) is 26.2 Å². The van der Waals surface area contributed by atoms with Crippen LogP contribution >= 0.6 is 11.8 Å². The van der Waals surface area contributed by atoms with Gasteiger partial charge in [-0.3, -0.25) is 10.1 Å². The standard InChI is InChI=1S/C27H28FN3O4S/c1-36-20-14-12-19(13-15-20)30-27(34)35-25(18-11-16-24(32)21(28)17-18)9-3-2-4-10-26(33)31-23-8-6-5-7-22(23)29/h4-8,10-17,25,32H,2-3,9,29H2,1H3,(H,30,34)(H,31,33)/b10-4+/t25-/m1/s1. The Kier molecular flexibility index (Phi) is 9.76. The fourth-order valence-corrected chi connectivity index (χ4v) is 3.77. The minimum absolute atomic E-state index is 0.312. The summed E-state index contributed by atoms with van der Waals surface area (Å²) in [6.07, 6.45) is 5.09. The van der Waals surface area contributed by atoms with E-state index in [1.54, 1.807) is 54.2 Å². The third kappa shape index (κ3) is 8.06. The van der Waals surface area contributed by atoms with Gasteiger partial charge in [-0.25, -0.2) is 9.18 Å². The smallest absolute Gasteiger partial charge is 0.412 e. The Morgan fingerprint density at radius 3 is 2.56 bits per heavy atom. The molecular formula is C27H28FN3O4S. The number of rotatable bonds is 10. The number of carbonyl (C=O) groups excluding carboxylic acids is 2. The van der Waals surface area contributed by atoms with Gasteiger partial charge in [0.25, 0.3) is 0 Å². The average molecular weight is 510 g/mol. The minimum atomic E-state index is -0.800. The van der Waals surface area contributed by atoms with Crippen molar-refractivity contribution in [2.75, 3.05) is 22.6 Å². The van der Waals surface area contributed by atoms with Crippen molar-refractivity contribution < 1.29 is 23.8 Å². The fraction of sp³-hybridized carbons (Fsp3) is 0.185. The van der Waals surface area contributed by atoms with Crippen molar-refractivity contribution in [3.05, 3.63) is 90.3 Å². The molecule has 0 aliphatic rings. The molecule has 0 heterocycles. The van der Waals surface area contributed by atoms with E-state index in [1.807, 2.05) is 18.4 Å². The molecule has 2 amide bonds. The van der Waals surface area contributed by atoms with Crippen LogP contribution in [0, 0.1) is 5.82 Å². The molecule has 0 bridgehead atoms. The molecule has 0 saturated carbocycles. The summed E-state index contributed by atoms with van der Waals surface area (Å²) in [5.74, 6) is -1.59. The van der Waals surface area contributed by atoms with Crippen LogP contribution in [0.2, 0.25) is 0 Å². The Balaban J connectivity index is 1.58. The van der Waals surface area contributed by atoms with E-state index in [-0.39, 0.29) is 5.91 Å². The number of hydrogen-bond acceptors (Lipinski definition) is 6. The van der Waals surface area contributed by atoms with E-state index in [1.165, 1.54) is 18.2 Å². The summed E-state index contributed by atoms with van der Waals surface area (Å²) in [6, 6.07) is 18.1. The molecule has 0 saturated heterocycles. The molecule has 3 aromatic rings. The summed E-state index contributed by atoms with van der Waals surface area (Å²) in [6.45, 7) is 0. The molecule has 1 atom stereocenters. The third-order valence-electron chi connectivity index (χ3n) is 5.25. The summed E-state index contributed by atoms with van der Waals surface area (Å²) in [5.41, 5.74) is 7.82. The molecule has 0 unspecified atom stereocenters. The van der Waals surface area contributed by atoms with Gasteiger partial charge in [0.2, 0.25) is 5.91 Å². The Labute approximate surface area is 213 Å². The molecule has 36 heavy (non-hydrogen) atoms. The van der Waals surface area contributed by atoms with E-state index in [9.17, 15) is 19.1 Å². The third-order valence-corrected chi connectivity index (χ3v) is 6.00. The van der Waals surface area contributed by atoms with Crippen molar-refractivity contribution in [1.82, 2.24) is 0 Å². The van der Waals surface area contributed by atoms with E-state index in [2.05, 4.69) is 10.6 Å². The predicted molar refractivity (Wildman–Crippen MR) is 142 cm³/mol. The highest BCUT2D eigenvalue weighted by Crippen LogP contribution is 2.28. The van der Waals surface area contributed by atoms with E-state index < -0.39 is 23.8 Å². The molecule has 7 nitrogen and oxygen atoms in total. The van der Waals surface area contributed by atoms with Gasteiger partial charge in [0.05, 0.1) is 11.4 Å². The molecule has 0 aromatic heterocycles. The first-order chi connectivity index (χ1) is 17.4. The van der Waals surface area contributed by atoms with Crippen LogP contribution in [-0.2, 0) is 9.53 Å². The molecule has 5 N–H and O–H groups in total. The quantitative estimate of drug-likeness (QED) is 0.108. The molecule has 0 aliphatic carbocycles. The number of thioether (sulfide) groups is 1. The topological polar surface area (TPSA) is 114 Å². The number of unbranched alkanes of at least 4 members (excludes halogenated alkanes) is 1. The van der Waals surface area contributed by atoms with Gasteiger partial charge in [-0.2, -0.15) is 0 Å². The van der Waals surface area contributed by atoms with Crippen LogP contribution < -0.4 is 16.4 Å². The van der Waals surface area contributed by atoms with Crippen LogP contribution in [0.1, 0.15) is 30.9 Å². The summed E-state index contributed by atoms with van der Waals surface area (Å²) in [5, 5.41) is 14.9. The lowest BCUT2D eigenvalue weighted by Crippen LogP contribution is -2.17. The molecule has 188 valence electrons. The van der Waals surface area contributed by atoms with Crippen molar-refractivity contribution in [3.8, 4) is 5.75 Å². The first-order valence-electron chi connectivity index (χ1n) is 11.3. The number of nitrogens with one attached hydrogen (secondary N) is 2. The number of benzene rings is 3. The number of halogens is 1. The van der Waals surface area contributed by atoms with Gasteiger partial charge < -0.3 is 20.9 Å². The number of nitrogens with two attached hydrogens (primary N) is 1. The number of phenolic OH excluding ortho intramolecular Hbond substituents is 1. The number of anilines is 3. The highest BCUT2D eigenvalue weighted by molar-refractivity contribution is 7.98. The monoisotopic (exact) mass is 509 g/mol. The van der Waals surface area contributed by atoms with Crippen LogP contribution in [0.3, 0.4) is 0 Å². The number of allylic oxidation sites excluding steroid dienone is 1. The summed E-state index contributed by atoms with van der Waals surface area (Å²) >= 11 is 1.59. The fourth-order valence-electron chi connectivity index (χ4n) is 3.36. The number of carbonyl (C=O) groups is 2. The second-order valence-corrected chi connectivity index (χ2v) is 8.75. The van der Waals surface area contributed by atoms with Crippen molar-refractivity contribution in [2.45, 2.75) is 30.3 Å². The first-order valence-corrected chi connectivity index (χ1v) is 12.5. The van der Waals surface area contributed by atoms with E-state index in [0.29, 0.717) is 41.9 Å². The second kappa shape index (κ2) is 13.2. The lowest BCUT2D eigenvalue weighted by molar-refractivity contribution is -0.111. The number of amides is 2. The van der Waals surface area contributed by atoms with E-state index in [4.69, 9.17) is 10.5 Å². The highest BCUT2D eigenvalue weighted by atomic mass is 32.2. The van der Waals surface area contributed by atoms with Gasteiger partial charge in [0.15, 0.2) is 11.6 Å². The molecule has 3 rings (SSSR count). The van der Waals surface area contributed by atoms with E-state index in [0.717, 1.165) is 11.0 Å². The number of phenols is 1. The molecule has 0 aliphatic heterocycles. The minimum Gasteiger partial charge on any atom is -0.505 e. The Bertz CT molecular complexity index is 1220. The van der Waals surface area contributed by atoms with Gasteiger partial charge in [-0.1, -0.05) is 24.3 Å². The molecule has 0 fully saturated rings. The van der Waals surface area contributed by atoms with Gasteiger partial charge >= 0.3 is 6.09 Å². The SMILES string of the molecule is CSc1ccc(NC(=O)O[C@H](CCC/C=C/C(=O)Nc2ccccc2N)c2ccc(O)c(F)c2)cc1. The summed E-state index contributed by atoms with van der Waals surface area (Å²) in [7, 11) is 0. The number of hydrogen-bond donors (Lipinski definition) is 4. The van der Waals surface area contributed by atoms with Crippen molar-refractivity contribution >= 4 is 40.8 Å². The zero-order valence-electron chi connectivity index (χ0n) is 19.7. The number of aromatic hydroxyl groups is 1. The van der Waals surface area contributed by atoms with E-state index >= 15 is 0 Å². The number of para-hydroxylation sites is 2. The normalized spacial score (nSPS) is 11.7. The summed E-state index contributed by atoms with van der Waals surface area (Å²) in [4.78, 5) is 25.7. The van der Waals surface area contributed by atoms with Crippen LogP contribution in [0.15, 0.2) is 83.8 Å². The second-order valence-electron chi connectivity index (χ2n) is 7.87. The summed E-state index contributed by atoms with van der Waals surface area (Å²) < 4.78 is 19.6. The van der Waals surface area contributed by atoms with Crippen molar-refractivity contribution in [2.24, 2.45) is 0 Å². The van der Waals surface area contributed by atoms with Crippen LogP contribution in [0.25, 0.3) is 0 Å². The largest absolute Gasteiger partial charge is 0.505 e. The zero-order chi connectivity index (χ0) is 25.9. The zero-order valence-corrected chi connectivity index (χ0v) is 20.6. The number of nitrogen functional groups attached to an aromatic ring is 1. The number of ether oxygens (including phenoxy) is 1. The van der Waals surface area contributed by atoms with Gasteiger partial charge in [0, 0.05) is 10.6 Å². The van der Waals surface area contributed by atoms with Crippen LogP contribution in [-0.4, -0.2) is 23.4 Å². The molecule has 9 heteroatoms. The van der Waals surface area contributed by atoms with Gasteiger partial charge in [-0.05, 0) is 85.7 Å². The van der Waals surface area contributed by atoms with Crippen molar-refractivity contribution in [3.63, 3.8) is 0 Å². The lowest BCUT2D eigenvalue weighted by Gasteiger charge is -2.19. The molecule has 0 spiro atoms.